The van der Waals surface area contributed by atoms with Gasteiger partial charge in [-0.15, -0.1) is 10.2 Å². The maximum Gasteiger partial charge on any atom is 0.174 e. The zero-order chi connectivity index (χ0) is 9.10. The van der Waals surface area contributed by atoms with Crippen molar-refractivity contribution in [1.82, 2.24) is 15.5 Å². The summed E-state index contributed by atoms with van der Waals surface area (Å²) in [5, 5.41) is 11.9. The number of hydrogen-bond donors (Lipinski definition) is 1. The van der Waals surface area contributed by atoms with Gasteiger partial charge in [-0.25, -0.2) is 0 Å². The molecule has 5 heteroatoms. The van der Waals surface area contributed by atoms with E-state index in [1.807, 2.05) is 0 Å². The SMILES string of the molecule is CC(CNC1CC1)Sc1nncs1. The highest BCUT2D eigenvalue weighted by atomic mass is 32.2. The number of rotatable bonds is 5. The Bertz CT molecular complexity index is 246. The fraction of sp³-hybridized carbons (Fsp3) is 0.750. The Morgan fingerprint density at radius 2 is 2.62 bits per heavy atom. The fourth-order valence-electron chi connectivity index (χ4n) is 1.05. The van der Waals surface area contributed by atoms with Crippen molar-refractivity contribution < 1.29 is 0 Å². The van der Waals surface area contributed by atoms with Gasteiger partial charge in [0, 0.05) is 17.8 Å². The molecule has 0 amide bonds. The van der Waals surface area contributed by atoms with Crippen molar-refractivity contribution in [2.75, 3.05) is 6.54 Å². The first-order valence-electron chi connectivity index (χ1n) is 4.51. The summed E-state index contributed by atoms with van der Waals surface area (Å²) in [4.78, 5) is 0. The topological polar surface area (TPSA) is 37.8 Å². The van der Waals surface area contributed by atoms with E-state index in [1.165, 1.54) is 12.8 Å². The van der Waals surface area contributed by atoms with Gasteiger partial charge in [-0.3, -0.25) is 0 Å². The molecule has 0 bridgehead atoms. The van der Waals surface area contributed by atoms with Gasteiger partial charge in [-0.1, -0.05) is 30.0 Å². The maximum absolute atomic E-state index is 4.00. The zero-order valence-electron chi connectivity index (χ0n) is 7.56. The molecule has 0 aromatic carbocycles. The molecule has 1 aliphatic rings. The van der Waals surface area contributed by atoms with Crippen LogP contribution in [0, 0.1) is 0 Å². The summed E-state index contributed by atoms with van der Waals surface area (Å²) >= 11 is 3.42. The number of thioether (sulfide) groups is 1. The summed E-state index contributed by atoms with van der Waals surface area (Å²) in [5.74, 6) is 0. The van der Waals surface area contributed by atoms with Crippen molar-refractivity contribution in [3.05, 3.63) is 5.51 Å². The summed E-state index contributed by atoms with van der Waals surface area (Å²) in [6, 6.07) is 0.803. The van der Waals surface area contributed by atoms with E-state index in [4.69, 9.17) is 0 Å². The van der Waals surface area contributed by atoms with Crippen LogP contribution in [-0.4, -0.2) is 28.0 Å². The van der Waals surface area contributed by atoms with E-state index in [1.54, 1.807) is 28.6 Å². The second kappa shape index (κ2) is 4.39. The Hall–Kier alpha value is -0.130. The van der Waals surface area contributed by atoms with Gasteiger partial charge in [0.15, 0.2) is 4.34 Å². The molecule has 2 rings (SSSR count). The summed E-state index contributed by atoms with van der Waals surface area (Å²) in [6.07, 6.45) is 2.71. The molecule has 1 atom stereocenters. The van der Waals surface area contributed by atoms with Gasteiger partial charge in [-0.05, 0) is 12.8 Å². The molecule has 0 saturated heterocycles. The molecule has 1 aromatic heterocycles. The average Bonchev–Trinajstić information content (AvgIpc) is 2.82. The normalized spacial score (nSPS) is 18.8. The highest BCUT2D eigenvalue weighted by Crippen LogP contribution is 2.25. The van der Waals surface area contributed by atoms with Crippen molar-refractivity contribution in [3.63, 3.8) is 0 Å². The van der Waals surface area contributed by atoms with Gasteiger partial charge in [0.25, 0.3) is 0 Å². The minimum Gasteiger partial charge on any atom is -0.313 e. The van der Waals surface area contributed by atoms with E-state index in [2.05, 4.69) is 22.4 Å². The summed E-state index contributed by atoms with van der Waals surface area (Å²) in [5.41, 5.74) is 1.78. The van der Waals surface area contributed by atoms with Gasteiger partial charge in [0.1, 0.15) is 5.51 Å². The standard InChI is InChI=1S/C8H13N3S2/c1-6(4-9-7-2-3-7)13-8-11-10-5-12-8/h5-7,9H,2-4H2,1H3. The number of hydrogen-bond acceptors (Lipinski definition) is 5. The van der Waals surface area contributed by atoms with Gasteiger partial charge in [-0.2, -0.15) is 0 Å². The van der Waals surface area contributed by atoms with Crippen LogP contribution in [0.3, 0.4) is 0 Å². The van der Waals surface area contributed by atoms with E-state index in [9.17, 15) is 0 Å². The molecule has 1 saturated carbocycles. The molecule has 1 fully saturated rings. The van der Waals surface area contributed by atoms with E-state index in [-0.39, 0.29) is 0 Å². The fourth-order valence-corrected chi connectivity index (χ4v) is 2.79. The van der Waals surface area contributed by atoms with Crippen LogP contribution in [0.5, 0.6) is 0 Å². The lowest BCUT2D eigenvalue weighted by Gasteiger charge is -2.08. The van der Waals surface area contributed by atoms with Gasteiger partial charge in [0.2, 0.25) is 0 Å². The molecule has 0 spiro atoms. The largest absolute Gasteiger partial charge is 0.313 e. The third-order valence-corrected chi connectivity index (χ3v) is 3.83. The molecule has 1 unspecified atom stereocenters. The summed E-state index contributed by atoms with van der Waals surface area (Å²) in [6.45, 7) is 3.30. The van der Waals surface area contributed by atoms with Gasteiger partial charge in [0.05, 0.1) is 0 Å². The molecule has 3 nitrogen and oxygen atoms in total. The van der Waals surface area contributed by atoms with Crippen molar-refractivity contribution in [1.29, 1.82) is 0 Å². The monoisotopic (exact) mass is 215 g/mol. The van der Waals surface area contributed by atoms with E-state index >= 15 is 0 Å². The molecule has 72 valence electrons. The molecular formula is C8H13N3S2. The van der Waals surface area contributed by atoms with Crippen molar-refractivity contribution >= 4 is 23.1 Å². The van der Waals surface area contributed by atoms with Crippen molar-refractivity contribution in [2.45, 2.75) is 35.4 Å². The Morgan fingerprint density at radius 3 is 3.23 bits per heavy atom. The van der Waals surface area contributed by atoms with Crippen LogP contribution in [0.4, 0.5) is 0 Å². The molecule has 1 heterocycles. The van der Waals surface area contributed by atoms with Crippen molar-refractivity contribution in [3.8, 4) is 0 Å². The molecule has 1 N–H and O–H groups in total. The van der Waals surface area contributed by atoms with Crippen LogP contribution in [0.1, 0.15) is 19.8 Å². The Balaban J connectivity index is 1.68. The van der Waals surface area contributed by atoms with Crippen molar-refractivity contribution in [2.24, 2.45) is 0 Å². The number of nitrogens with zero attached hydrogens (tertiary/aromatic N) is 2. The zero-order valence-corrected chi connectivity index (χ0v) is 9.20. The highest BCUT2D eigenvalue weighted by molar-refractivity contribution is 8.01. The lowest BCUT2D eigenvalue weighted by Crippen LogP contribution is -2.24. The van der Waals surface area contributed by atoms with E-state index in [0.717, 1.165) is 16.9 Å². The van der Waals surface area contributed by atoms with Crippen LogP contribution < -0.4 is 5.32 Å². The van der Waals surface area contributed by atoms with Crippen LogP contribution in [0.15, 0.2) is 9.85 Å². The minimum absolute atomic E-state index is 0.591. The molecule has 0 aliphatic heterocycles. The van der Waals surface area contributed by atoms with Gasteiger partial charge < -0.3 is 5.32 Å². The quantitative estimate of drug-likeness (QED) is 0.760. The first kappa shape index (κ1) is 9.43. The third-order valence-electron chi connectivity index (χ3n) is 1.91. The Kier molecular flexibility index (Phi) is 3.18. The summed E-state index contributed by atoms with van der Waals surface area (Å²) in [7, 11) is 0. The summed E-state index contributed by atoms with van der Waals surface area (Å²) < 4.78 is 1.07. The molecule has 1 aliphatic carbocycles. The lowest BCUT2D eigenvalue weighted by atomic mass is 10.4. The van der Waals surface area contributed by atoms with Crippen LogP contribution in [0.25, 0.3) is 0 Å². The first-order chi connectivity index (χ1) is 6.34. The van der Waals surface area contributed by atoms with E-state index in [0.29, 0.717) is 5.25 Å². The third kappa shape index (κ3) is 3.25. The predicted octanol–water partition coefficient (Wildman–Crippen LogP) is 1.77. The first-order valence-corrected chi connectivity index (χ1v) is 6.27. The molecule has 1 aromatic rings. The maximum atomic E-state index is 4.00. The number of nitrogens with one attached hydrogen (secondary N) is 1. The Morgan fingerprint density at radius 1 is 1.77 bits per heavy atom. The number of aromatic nitrogens is 2. The van der Waals surface area contributed by atoms with Crippen LogP contribution in [-0.2, 0) is 0 Å². The molecule has 13 heavy (non-hydrogen) atoms. The van der Waals surface area contributed by atoms with Gasteiger partial charge >= 0.3 is 0 Å². The molecule has 0 radical (unpaired) electrons. The molecular weight excluding hydrogens is 202 g/mol. The Labute approximate surface area is 86.3 Å². The second-order valence-corrected chi connectivity index (χ2v) is 5.83. The second-order valence-electron chi connectivity index (χ2n) is 3.32. The van der Waals surface area contributed by atoms with Crippen LogP contribution in [0.2, 0.25) is 0 Å². The van der Waals surface area contributed by atoms with E-state index < -0.39 is 0 Å². The predicted molar refractivity (Wildman–Crippen MR) is 56.3 cm³/mol. The smallest absolute Gasteiger partial charge is 0.174 e. The highest BCUT2D eigenvalue weighted by Gasteiger charge is 2.21. The average molecular weight is 215 g/mol. The lowest BCUT2D eigenvalue weighted by molar-refractivity contribution is 0.679. The van der Waals surface area contributed by atoms with Crippen LogP contribution >= 0.6 is 23.1 Å². The minimum atomic E-state index is 0.591.